The van der Waals surface area contributed by atoms with Gasteiger partial charge in [-0.25, -0.2) is 9.18 Å². The summed E-state index contributed by atoms with van der Waals surface area (Å²) in [6, 6.07) is 8.41. The van der Waals surface area contributed by atoms with E-state index in [1.807, 2.05) is 30.9 Å². The Balaban J connectivity index is 1.95. The van der Waals surface area contributed by atoms with Gasteiger partial charge in [-0.15, -0.1) is 0 Å². The molecule has 1 aliphatic rings. The number of anilines is 1. The highest BCUT2D eigenvalue weighted by atomic mass is 79.9. The zero-order valence-electron chi connectivity index (χ0n) is 13.5. The largest absolute Gasteiger partial charge is 0.325 e. The van der Waals surface area contributed by atoms with Crippen molar-refractivity contribution in [3.63, 3.8) is 0 Å². The van der Waals surface area contributed by atoms with E-state index in [0.717, 1.165) is 11.5 Å². The fourth-order valence-electron chi connectivity index (χ4n) is 2.90. The summed E-state index contributed by atoms with van der Waals surface area (Å²) in [5.41, 5.74) is 1.59. The van der Waals surface area contributed by atoms with E-state index in [-0.39, 0.29) is 17.9 Å². The lowest BCUT2D eigenvalue weighted by Crippen LogP contribution is -2.34. The summed E-state index contributed by atoms with van der Waals surface area (Å²) in [5.74, 6) is 0.767. The predicted molar refractivity (Wildman–Crippen MR) is 95.1 cm³/mol. The van der Waals surface area contributed by atoms with Gasteiger partial charge in [0.2, 0.25) is 0 Å². The Morgan fingerprint density at radius 1 is 1.29 bits per heavy atom. The number of aromatic nitrogens is 1. The maximum atomic E-state index is 13.9. The summed E-state index contributed by atoms with van der Waals surface area (Å²) in [5, 5.41) is 0. The van der Waals surface area contributed by atoms with E-state index in [1.165, 1.54) is 6.07 Å². The molecule has 2 amide bonds. The smallest absolute Gasteiger partial charge is 0.315 e. The molecule has 1 radical (unpaired) electrons. The van der Waals surface area contributed by atoms with Gasteiger partial charge in [0, 0.05) is 24.6 Å². The molecule has 0 saturated carbocycles. The number of carbonyl (C=O) groups is 1. The van der Waals surface area contributed by atoms with E-state index in [9.17, 15) is 9.18 Å². The SMILES string of the molecule is C[C](C)CN1C(=O)N(c2ccc(Br)c(F)c2)CC1c1ccncc1. The number of amides is 2. The first-order valence-electron chi connectivity index (χ1n) is 7.69. The number of hydrogen-bond acceptors (Lipinski definition) is 2. The first-order chi connectivity index (χ1) is 11.5. The number of nitrogens with zero attached hydrogens (tertiary/aromatic N) is 3. The molecule has 2 aromatic rings. The lowest BCUT2D eigenvalue weighted by Gasteiger charge is -2.25. The number of hydrogen-bond donors (Lipinski definition) is 0. The molecular formula is C18H18BrFN3O. The summed E-state index contributed by atoms with van der Waals surface area (Å²) >= 11 is 3.15. The summed E-state index contributed by atoms with van der Waals surface area (Å²) in [6.45, 7) is 5.05. The highest BCUT2D eigenvalue weighted by Gasteiger charge is 2.39. The van der Waals surface area contributed by atoms with E-state index in [1.54, 1.807) is 29.4 Å². The third kappa shape index (κ3) is 3.29. The normalized spacial score (nSPS) is 17.9. The fraction of sp³-hybridized carbons (Fsp3) is 0.278. The van der Waals surface area contributed by atoms with Gasteiger partial charge in [-0.05, 0) is 57.7 Å². The van der Waals surface area contributed by atoms with Crippen LogP contribution in [0.3, 0.4) is 0 Å². The molecule has 6 heteroatoms. The third-order valence-corrected chi connectivity index (χ3v) is 4.64. The van der Waals surface area contributed by atoms with Gasteiger partial charge in [0.15, 0.2) is 0 Å². The standard InChI is InChI=1S/C18H18BrFN3O/c1-12(2)10-23-17(13-5-7-21-8-6-13)11-22(18(23)24)14-3-4-15(19)16(20)9-14/h3-9,17H,10-11H2,1-2H3. The zero-order chi connectivity index (χ0) is 17.3. The van der Waals surface area contributed by atoms with Crippen LogP contribution >= 0.6 is 15.9 Å². The minimum absolute atomic E-state index is 0.0814. The number of urea groups is 1. The van der Waals surface area contributed by atoms with Crippen LogP contribution in [0.4, 0.5) is 14.9 Å². The molecule has 0 aliphatic carbocycles. The third-order valence-electron chi connectivity index (χ3n) is 4.00. The van der Waals surface area contributed by atoms with Crippen molar-refractivity contribution in [1.29, 1.82) is 0 Å². The van der Waals surface area contributed by atoms with Crippen molar-refractivity contribution in [2.75, 3.05) is 18.0 Å². The molecule has 1 aromatic carbocycles. The zero-order valence-corrected chi connectivity index (χ0v) is 15.1. The molecule has 1 aliphatic heterocycles. The first-order valence-corrected chi connectivity index (χ1v) is 8.49. The molecule has 0 spiro atoms. The topological polar surface area (TPSA) is 36.4 Å². The van der Waals surface area contributed by atoms with Gasteiger partial charge in [0.25, 0.3) is 0 Å². The number of carbonyl (C=O) groups excluding carboxylic acids is 1. The van der Waals surface area contributed by atoms with Crippen LogP contribution < -0.4 is 4.90 Å². The lowest BCUT2D eigenvalue weighted by molar-refractivity contribution is 0.208. The second-order valence-electron chi connectivity index (χ2n) is 6.12. The Morgan fingerprint density at radius 2 is 2.00 bits per heavy atom. The van der Waals surface area contributed by atoms with Gasteiger partial charge >= 0.3 is 6.03 Å². The minimum Gasteiger partial charge on any atom is -0.315 e. The van der Waals surface area contributed by atoms with Crippen LogP contribution in [0.5, 0.6) is 0 Å². The number of benzene rings is 1. The van der Waals surface area contributed by atoms with Gasteiger partial charge < -0.3 is 4.90 Å². The fourth-order valence-corrected chi connectivity index (χ4v) is 3.14. The summed E-state index contributed by atoms with van der Waals surface area (Å²) < 4.78 is 14.3. The van der Waals surface area contributed by atoms with Crippen molar-refractivity contribution in [3.05, 3.63) is 64.5 Å². The summed E-state index contributed by atoms with van der Waals surface area (Å²) in [6.07, 6.45) is 3.45. The predicted octanol–water partition coefficient (Wildman–Crippen LogP) is 4.58. The molecule has 0 N–H and O–H groups in total. The molecule has 0 bridgehead atoms. The van der Waals surface area contributed by atoms with E-state index < -0.39 is 0 Å². The Morgan fingerprint density at radius 3 is 2.62 bits per heavy atom. The molecule has 1 aromatic heterocycles. The first kappa shape index (κ1) is 16.9. The van der Waals surface area contributed by atoms with Crippen LogP contribution in [0.15, 0.2) is 47.2 Å². The summed E-state index contributed by atoms with van der Waals surface area (Å²) in [4.78, 5) is 20.4. The molecule has 1 fully saturated rings. The van der Waals surface area contributed by atoms with Crippen LogP contribution in [-0.2, 0) is 0 Å². The minimum atomic E-state index is -0.377. The monoisotopic (exact) mass is 390 g/mol. The highest BCUT2D eigenvalue weighted by Crippen LogP contribution is 2.34. The average molecular weight is 391 g/mol. The van der Waals surface area contributed by atoms with Crippen molar-refractivity contribution < 1.29 is 9.18 Å². The highest BCUT2D eigenvalue weighted by molar-refractivity contribution is 9.10. The van der Waals surface area contributed by atoms with Gasteiger partial charge in [-0.2, -0.15) is 0 Å². The molecule has 24 heavy (non-hydrogen) atoms. The van der Waals surface area contributed by atoms with Crippen LogP contribution in [0.1, 0.15) is 25.5 Å². The van der Waals surface area contributed by atoms with Crippen LogP contribution in [0.2, 0.25) is 0 Å². The Hall–Kier alpha value is -1.95. The molecular weight excluding hydrogens is 373 g/mol. The van der Waals surface area contributed by atoms with Crippen LogP contribution in [-0.4, -0.2) is 29.0 Å². The van der Waals surface area contributed by atoms with Gasteiger partial charge in [-0.3, -0.25) is 9.88 Å². The second kappa shape index (κ2) is 6.89. The van der Waals surface area contributed by atoms with Gasteiger partial charge in [0.1, 0.15) is 5.82 Å². The number of pyridine rings is 1. The van der Waals surface area contributed by atoms with Crippen molar-refractivity contribution in [3.8, 4) is 0 Å². The maximum Gasteiger partial charge on any atom is 0.325 e. The number of halogens is 2. The molecule has 1 unspecified atom stereocenters. The molecule has 3 rings (SSSR count). The van der Waals surface area contributed by atoms with Crippen LogP contribution in [0, 0.1) is 11.7 Å². The van der Waals surface area contributed by atoms with Gasteiger partial charge in [-0.1, -0.05) is 13.8 Å². The van der Waals surface area contributed by atoms with Crippen LogP contribution in [0.25, 0.3) is 0 Å². The second-order valence-corrected chi connectivity index (χ2v) is 6.98. The number of rotatable bonds is 4. The van der Waals surface area contributed by atoms with Crippen molar-refractivity contribution in [2.24, 2.45) is 0 Å². The van der Waals surface area contributed by atoms with Crippen molar-refractivity contribution in [1.82, 2.24) is 9.88 Å². The van der Waals surface area contributed by atoms with E-state index in [0.29, 0.717) is 23.2 Å². The van der Waals surface area contributed by atoms with Gasteiger partial charge in [0.05, 0.1) is 17.1 Å². The molecule has 2 heterocycles. The van der Waals surface area contributed by atoms with Crippen molar-refractivity contribution >= 4 is 27.6 Å². The maximum absolute atomic E-state index is 13.9. The van der Waals surface area contributed by atoms with E-state index in [2.05, 4.69) is 20.9 Å². The quantitative estimate of drug-likeness (QED) is 0.765. The Kier molecular flexibility index (Phi) is 4.85. The average Bonchev–Trinajstić information content (AvgIpc) is 2.87. The molecule has 4 nitrogen and oxygen atoms in total. The Bertz CT molecular complexity index is 738. The molecule has 1 atom stereocenters. The lowest BCUT2D eigenvalue weighted by atomic mass is 10.1. The van der Waals surface area contributed by atoms with Crippen molar-refractivity contribution in [2.45, 2.75) is 19.9 Å². The van der Waals surface area contributed by atoms with E-state index >= 15 is 0 Å². The van der Waals surface area contributed by atoms with E-state index in [4.69, 9.17) is 0 Å². The summed E-state index contributed by atoms with van der Waals surface area (Å²) in [7, 11) is 0. The molecule has 1 saturated heterocycles. The Labute approximate surface area is 149 Å². The molecule has 125 valence electrons.